The molecule has 0 radical (unpaired) electrons. The van der Waals surface area contributed by atoms with Crippen molar-refractivity contribution >= 4 is 44.5 Å². The van der Waals surface area contributed by atoms with Crippen LogP contribution in [0.2, 0.25) is 0 Å². The fourth-order valence-electron chi connectivity index (χ4n) is 3.08. The molecule has 0 bridgehead atoms. The Labute approximate surface area is 172 Å². The van der Waals surface area contributed by atoms with Gasteiger partial charge in [-0.15, -0.1) is 11.8 Å². The van der Waals surface area contributed by atoms with Gasteiger partial charge in [0.1, 0.15) is 16.1 Å². The number of hydrogen-bond donors (Lipinski definition) is 0. The molecule has 4 rings (SSSR count). The normalized spacial score (nSPS) is 14.5. The Morgan fingerprint density at radius 1 is 1.18 bits per heavy atom. The highest BCUT2D eigenvalue weighted by atomic mass is 32.2. The first-order chi connectivity index (χ1) is 13.7. The van der Waals surface area contributed by atoms with Crippen LogP contribution in [0, 0.1) is 0 Å². The average molecular weight is 415 g/mol. The number of hydrogen-bond acceptors (Lipinski definition) is 7. The monoisotopic (exact) mass is 414 g/mol. The van der Waals surface area contributed by atoms with Crippen LogP contribution in [0.1, 0.15) is 6.92 Å². The molecule has 2 aromatic heterocycles. The minimum Gasteiger partial charge on any atom is -0.494 e. The molecule has 6 nitrogen and oxygen atoms in total. The molecule has 0 aliphatic carbocycles. The first-order valence-corrected chi connectivity index (χ1v) is 11.1. The van der Waals surface area contributed by atoms with Crippen LogP contribution in [0.4, 0.5) is 5.13 Å². The van der Waals surface area contributed by atoms with E-state index in [1.54, 1.807) is 29.3 Å². The number of rotatable bonds is 6. The van der Waals surface area contributed by atoms with E-state index in [2.05, 4.69) is 14.9 Å². The summed E-state index contributed by atoms with van der Waals surface area (Å²) in [6.45, 7) is 5.69. The van der Waals surface area contributed by atoms with Gasteiger partial charge in [0.05, 0.1) is 12.4 Å². The fraction of sp³-hybridized carbons (Fsp3) is 0.350. The summed E-state index contributed by atoms with van der Waals surface area (Å²) in [5.41, 5.74) is 0.938. The van der Waals surface area contributed by atoms with E-state index in [9.17, 15) is 4.79 Å². The van der Waals surface area contributed by atoms with Gasteiger partial charge in [0.15, 0.2) is 5.13 Å². The lowest BCUT2D eigenvalue weighted by Crippen LogP contribution is -2.49. The number of piperazine rings is 1. The fourth-order valence-corrected chi connectivity index (χ4v) is 4.84. The van der Waals surface area contributed by atoms with E-state index in [0.29, 0.717) is 12.4 Å². The third kappa shape index (κ3) is 4.39. The van der Waals surface area contributed by atoms with Crippen molar-refractivity contribution in [2.75, 3.05) is 43.4 Å². The number of carbonyl (C=O) groups excluding carboxylic acids is 1. The summed E-state index contributed by atoms with van der Waals surface area (Å²) in [5, 5.41) is 0.990. The van der Waals surface area contributed by atoms with Crippen molar-refractivity contribution in [1.29, 1.82) is 0 Å². The predicted octanol–water partition coefficient (Wildman–Crippen LogP) is 3.53. The summed E-state index contributed by atoms with van der Waals surface area (Å²) < 4.78 is 5.45. The van der Waals surface area contributed by atoms with E-state index in [1.165, 1.54) is 0 Å². The van der Waals surface area contributed by atoms with E-state index < -0.39 is 0 Å². The number of anilines is 1. The van der Waals surface area contributed by atoms with Gasteiger partial charge in [0.25, 0.3) is 0 Å². The SMILES string of the molecule is CCOc1ccc(SCC(=O)N2CCN(c3nc4cccnc4s3)CC2)cc1. The Balaban J connectivity index is 1.27. The van der Waals surface area contributed by atoms with Crippen LogP contribution in [-0.2, 0) is 4.79 Å². The maximum Gasteiger partial charge on any atom is 0.233 e. The Morgan fingerprint density at radius 2 is 1.96 bits per heavy atom. The number of pyridine rings is 1. The zero-order chi connectivity index (χ0) is 19.3. The third-order valence-electron chi connectivity index (χ3n) is 4.56. The third-order valence-corrected chi connectivity index (χ3v) is 6.59. The summed E-state index contributed by atoms with van der Waals surface area (Å²) in [4.78, 5) is 27.8. The van der Waals surface area contributed by atoms with E-state index in [1.807, 2.05) is 48.2 Å². The second-order valence-electron chi connectivity index (χ2n) is 6.39. The lowest BCUT2D eigenvalue weighted by atomic mass is 10.3. The van der Waals surface area contributed by atoms with E-state index >= 15 is 0 Å². The lowest BCUT2D eigenvalue weighted by Gasteiger charge is -2.34. The molecule has 1 fully saturated rings. The molecule has 28 heavy (non-hydrogen) atoms. The number of ether oxygens (including phenoxy) is 1. The number of carbonyl (C=O) groups is 1. The van der Waals surface area contributed by atoms with Gasteiger partial charge in [-0.2, -0.15) is 0 Å². The zero-order valence-corrected chi connectivity index (χ0v) is 17.3. The molecule has 1 amide bonds. The van der Waals surface area contributed by atoms with Crippen LogP contribution < -0.4 is 9.64 Å². The Morgan fingerprint density at radius 3 is 2.68 bits per heavy atom. The number of thioether (sulfide) groups is 1. The second-order valence-corrected chi connectivity index (χ2v) is 8.39. The smallest absolute Gasteiger partial charge is 0.233 e. The van der Waals surface area contributed by atoms with Crippen molar-refractivity contribution in [3.63, 3.8) is 0 Å². The predicted molar refractivity (Wildman–Crippen MR) is 115 cm³/mol. The molecule has 0 atom stereocenters. The number of nitrogens with zero attached hydrogens (tertiary/aromatic N) is 4. The lowest BCUT2D eigenvalue weighted by molar-refractivity contribution is -0.128. The highest BCUT2D eigenvalue weighted by Crippen LogP contribution is 2.28. The number of aromatic nitrogens is 2. The summed E-state index contributed by atoms with van der Waals surface area (Å²) in [5.74, 6) is 1.50. The van der Waals surface area contributed by atoms with Crippen molar-refractivity contribution < 1.29 is 9.53 Å². The van der Waals surface area contributed by atoms with E-state index in [0.717, 1.165) is 52.3 Å². The zero-order valence-electron chi connectivity index (χ0n) is 15.7. The summed E-state index contributed by atoms with van der Waals surface area (Å²) >= 11 is 3.18. The van der Waals surface area contributed by atoms with Gasteiger partial charge in [-0.05, 0) is 43.3 Å². The van der Waals surface area contributed by atoms with Crippen LogP contribution in [0.25, 0.3) is 10.3 Å². The molecule has 0 unspecified atom stereocenters. The van der Waals surface area contributed by atoms with Gasteiger partial charge in [0.2, 0.25) is 5.91 Å². The molecule has 8 heteroatoms. The van der Waals surface area contributed by atoms with E-state index in [-0.39, 0.29) is 5.91 Å². The molecule has 3 aromatic rings. The van der Waals surface area contributed by atoms with Crippen LogP contribution >= 0.6 is 23.1 Å². The number of fused-ring (bicyclic) bond motifs is 1. The first-order valence-electron chi connectivity index (χ1n) is 9.33. The molecule has 146 valence electrons. The minimum absolute atomic E-state index is 0.185. The molecular weight excluding hydrogens is 392 g/mol. The maximum absolute atomic E-state index is 12.6. The largest absolute Gasteiger partial charge is 0.494 e. The molecule has 0 saturated carbocycles. The molecule has 1 aliphatic heterocycles. The number of thiazole rings is 1. The molecule has 1 aliphatic rings. The standard InChI is InChI=1S/C20H22N4O2S2/c1-2-26-15-5-7-16(8-6-15)27-14-18(25)23-10-12-24(13-11-23)20-22-17-4-3-9-21-19(17)28-20/h3-9H,2,10-14H2,1H3. The van der Waals surface area contributed by atoms with Crippen molar-refractivity contribution in [2.24, 2.45) is 0 Å². The van der Waals surface area contributed by atoms with Gasteiger partial charge in [-0.3, -0.25) is 4.79 Å². The highest BCUT2D eigenvalue weighted by Gasteiger charge is 2.23. The number of benzene rings is 1. The summed E-state index contributed by atoms with van der Waals surface area (Å²) in [6, 6.07) is 11.8. The highest BCUT2D eigenvalue weighted by molar-refractivity contribution is 8.00. The van der Waals surface area contributed by atoms with Crippen molar-refractivity contribution in [2.45, 2.75) is 11.8 Å². The van der Waals surface area contributed by atoms with Crippen LogP contribution in [0.3, 0.4) is 0 Å². The van der Waals surface area contributed by atoms with Crippen LogP contribution in [-0.4, -0.2) is 59.3 Å². The number of amides is 1. The second kappa shape index (κ2) is 8.79. The molecular formula is C20H22N4O2S2. The average Bonchev–Trinajstić information content (AvgIpc) is 3.18. The molecule has 1 saturated heterocycles. The molecule has 1 aromatic carbocycles. The summed E-state index contributed by atoms with van der Waals surface area (Å²) in [6.07, 6.45) is 1.79. The quantitative estimate of drug-likeness (QED) is 0.575. The maximum atomic E-state index is 12.6. The molecule has 0 N–H and O–H groups in total. The topological polar surface area (TPSA) is 58.6 Å². The van der Waals surface area contributed by atoms with Crippen LogP contribution in [0.15, 0.2) is 47.5 Å². The van der Waals surface area contributed by atoms with Crippen molar-refractivity contribution in [1.82, 2.24) is 14.9 Å². The minimum atomic E-state index is 0.185. The Kier molecular flexibility index (Phi) is 5.97. The van der Waals surface area contributed by atoms with Crippen molar-refractivity contribution in [3.05, 3.63) is 42.6 Å². The van der Waals surface area contributed by atoms with Gasteiger partial charge >= 0.3 is 0 Å². The van der Waals surface area contributed by atoms with E-state index in [4.69, 9.17) is 4.74 Å². The summed E-state index contributed by atoms with van der Waals surface area (Å²) in [7, 11) is 0. The van der Waals surface area contributed by atoms with Crippen LogP contribution in [0.5, 0.6) is 5.75 Å². The first kappa shape index (κ1) is 19.0. The van der Waals surface area contributed by atoms with Gasteiger partial charge in [0, 0.05) is 37.3 Å². The van der Waals surface area contributed by atoms with Gasteiger partial charge < -0.3 is 14.5 Å². The van der Waals surface area contributed by atoms with Crippen molar-refractivity contribution in [3.8, 4) is 5.75 Å². The molecule has 3 heterocycles. The van der Waals surface area contributed by atoms with Gasteiger partial charge in [-0.25, -0.2) is 9.97 Å². The van der Waals surface area contributed by atoms with Gasteiger partial charge in [-0.1, -0.05) is 11.3 Å². The molecule has 0 spiro atoms. The Hall–Kier alpha value is -2.32. The Bertz CT molecular complexity index is 904.